The van der Waals surface area contributed by atoms with Crippen LogP contribution < -0.4 is 11.1 Å². The first kappa shape index (κ1) is 14.8. The maximum Gasteiger partial charge on any atom is 0.159 e. The number of anilines is 1. The van der Waals surface area contributed by atoms with Gasteiger partial charge < -0.3 is 11.1 Å². The van der Waals surface area contributed by atoms with Crippen molar-refractivity contribution in [3.05, 3.63) is 16.8 Å². The van der Waals surface area contributed by atoms with Crippen LogP contribution >= 0.6 is 12.2 Å². The summed E-state index contributed by atoms with van der Waals surface area (Å²) in [4.78, 5) is 0.365. The van der Waals surface area contributed by atoms with E-state index in [0.717, 1.165) is 29.8 Å². The summed E-state index contributed by atoms with van der Waals surface area (Å²) in [5.41, 5.74) is 8.71. The molecule has 0 fully saturated rings. The Labute approximate surface area is 114 Å². The van der Waals surface area contributed by atoms with Crippen molar-refractivity contribution in [3.63, 3.8) is 0 Å². The fraction of sp³-hybridized carbons (Fsp3) is 0.615. The Morgan fingerprint density at radius 2 is 1.89 bits per heavy atom. The summed E-state index contributed by atoms with van der Waals surface area (Å²) < 4.78 is 0. The van der Waals surface area contributed by atoms with Crippen LogP contribution in [-0.4, -0.2) is 21.7 Å². The Hall–Kier alpha value is -1.23. The highest BCUT2D eigenvalue weighted by Crippen LogP contribution is 2.21. The molecule has 0 aliphatic rings. The second kappa shape index (κ2) is 5.61. The van der Waals surface area contributed by atoms with Gasteiger partial charge in [-0.25, -0.2) is 0 Å². The molecule has 0 aliphatic carbocycles. The van der Waals surface area contributed by atoms with Crippen LogP contribution in [0.2, 0.25) is 0 Å². The van der Waals surface area contributed by atoms with E-state index in [0.29, 0.717) is 10.8 Å². The van der Waals surface area contributed by atoms with Gasteiger partial charge in [-0.05, 0) is 31.2 Å². The summed E-state index contributed by atoms with van der Waals surface area (Å²) in [7, 11) is 0. The molecule has 0 unspecified atom stereocenters. The lowest BCUT2D eigenvalue weighted by Gasteiger charge is -2.19. The first-order valence-electron chi connectivity index (χ1n) is 6.10. The van der Waals surface area contributed by atoms with Crippen molar-refractivity contribution >= 4 is 23.0 Å². The molecule has 0 aliphatic heterocycles. The molecule has 1 aromatic rings. The van der Waals surface area contributed by atoms with Crippen LogP contribution in [0.4, 0.5) is 5.82 Å². The van der Waals surface area contributed by atoms with Gasteiger partial charge in [0.05, 0.1) is 11.3 Å². The third-order valence-electron chi connectivity index (χ3n) is 2.87. The fourth-order valence-corrected chi connectivity index (χ4v) is 1.84. The highest BCUT2D eigenvalue weighted by atomic mass is 32.1. The molecule has 4 nitrogen and oxygen atoms in total. The fourth-order valence-electron chi connectivity index (χ4n) is 1.59. The van der Waals surface area contributed by atoms with Crippen molar-refractivity contribution in [3.8, 4) is 0 Å². The molecule has 1 heterocycles. The summed E-state index contributed by atoms with van der Waals surface area (Å²) in [6, 6.07) is 0. The molecular formula is C13H22N4S. The second-order valence-corrected chi connectivity index (χ2v) is 6.18. The van der Waals surface area contributed by atoms with Gasteiger partial charge in [-0.15, -0.1) is 5.10 Å². The van der Waals surface area contributed by atoms with E-state index in [1.165, 1.54) is 0 Å². The molecule has 0 radical (unpaired) electrons. The van der Waals surface area contributed by atoms with Crippen LogP contribution in [0.15, 0.2) is 0 Å². The van der Waals surface area contributed by atoms with Crippen molar-refractivity contribution < 1.29 is 0 Å². The Bertz CT molecular complexity index is 449. The van der Waals surface area contributed by atoms with Crippen molar-refractivity contribution in [1.82, 2.24) is 10.2 Å². The van der Waals surface area contributed by atoms with E-state index in [2.05, 4.69) is 36.3 Å². The summed E-state index contributed by atoms with van der Waals surface area (Å²) >= 11 is 5.09. The quantitative estimate of drug-likeness (QED) is 0.820. The number of nitrogens with zero attached hydrogens (tertiary/aromatic N) is 2. The standard InChI is InChI=1S/C13H22N4S/c1-8-9(2)16-17-12(10(8)11(14)18)15-7-6-13(3,4)5/h6-7H2,1-5H3,(H2,14,18)(H,15,17). The third-order valence-corrected chi connectivity index (χ3v) is 3.07. The Morgan fingerprint density at radius 3 is 2.39 bits per heavy atom. The molecule has 0 atom stereocenters. The van der Waals surface area contributed by atoms with Gasteiger partial charge in [-0.1, -0.05) is 33.0 Å². The lowest BCUT2D eigenvalue weighted by atomic mass is 9.92. The van der Waals surface area contributed by atoms with E-state index in [-0.39, 0.29) is 5.41 Å². The molecule has 1 rings (SSSR count). The van der Waals surface area contributed by atoms with Gasteiger partial charge in [0, 0.05) is 6.54 Å². The van der Waals surface area contributed by atoms with Gasteiger partial charge in [-0.2, -0.15) is 5.10 Å². The second-order valence-electron chi connectivity index (χ2n) is 5.74. The molecule has 0 saturated carbocycles. The molecule has 18 heavy (non-hydrogen) atoms. The third kappa shape index (κ3) is 3.91. The van der Waals surface area contributed by atoms with Crippen LogP contribution in [0.1, 0.15) is 44.0 Å². The molecule has 0 aromatic carbocycles. The maximum absolute atomic E-state index is 5.77. The number of aryl methyl sites for hydroxylation is 1. The SMILES string of the molecule is Cc1nnc(NCCC(C)(C)C)c(C(N)=S)c1C. The van der Waals surface area contributed by atoms with E-state index in [9.17, 15) is 0 Å². The highest BCUT2D eigenvalue weighted by Gasteiger charge is 2.14. The van der Waals surface area contributed by atoms with E-state index >= 15 is 0 Å². The van der Waals surface area contributed by atoms with Crippen LogP contribution in [0, 0.1) is 19.3 Å². The first-order valence-corrected chi connectivity index (χ1v) is 6.51. The number of hydrogen-bond donors (Lipinski definition) is 2. The van der Waals surface area contributed by atoms with E-state index < -0.39 is 0 Å². The lowest BCUT2D eigenvalue weighted by Crippen LogP contribution is -2.20. The number of nitrogens with two attached hydrogens (primary N) is 1. The van der Waals surface area contributed by atoms with Gasteiger partial charge in [0.25, 0.3) is 0 Å². The topological polar surface area (TPSA) is 63.8 Å². The average molecular weight is 266 g/mol. The van der Waals surface area contributed by atoms with Crippen LogP contribution in [0.3, 0.4) is 0 Å². The minimum atomic E-state index is 0.281. The molecular weight excluding hydrogens is 244 g/mol. The molecule has 0 saturated heterocycles. The number of hydrogen-bond acceptors (Lipinski definition) is 4. The van der Waals surface area contributed by atoms with Gasteiger partial charge in [0.15, 0.2) is 5.82 Å². The molecule has 0 bridgehead atoms. The number of aromatic nitrogens is 2. The molecule has 0 spiro atoms. The monoisotopic (exact) mass is 266 g/mol. The molecule has 100 valence electrons. The molecule has 0 amide bonds. The minimum absolute atomic E-state index is 0.281. The number of thiocarbonyl (C=S) groups is 1. The summed E-state index contributed by atoms with van der Waals surface area (Å²) in [6.07, 6.45) is 1.04. The Kier molecular flexibility index (Phi) is 4.62. The normalized spacial score (nSPS) is 11.4. The van der Waals surface area contributed by atoms with Crippen LogP contribution in [0.25, 0.3) is 0 Å². The van der Waals surface area contributed by atoms with E-state index in [1.807, 2.05) is 13.8 Å². The van der Waals surface area contributed by atoms with E-state index in [4.69, 9.17) is 18.0 Å². The maximum atomic E-state index is 5.77. The van der Waals surface area contributed by atoms with Crippen molar-refractivity contribution in [2.45, 2.75) is 41.0 Å². The smallest absolute Gasteiger partial charge is 0.159 e. The van der Waals surface area contributed by atoms with Crippen LogP contribution in [-0.2, 0) is 0 Å². The van der Waals surface area contributed by atoms with Gasteiger partial charge in [-0.3, -0.25) is 0 Å². The van der Waals surface area contributed by atoms with E-state index in [1.54, 1.807) is 0 Å². The van der Waals surface area contributed by atoms with Gasteiger partial charge in [0.1, 0.15) is 4.99 Å². The van der Waals surface area contributed by atoms with Gasteiger partial charge >= 0.3 is 0 Å². The highest BCUT2D eigenvalue weighted by molar-refractivity contribution is 7.80. The number of rotatable bonds is 4. The minimum Gasteiger partial charge on any atom is -0.389 e. The zero-order chi connectivity index (χ0) is 13.9. The van der Waals surface area contributed by atoms with Crippen molar-refractivity contribution in [2.75, 3.05) is 11.9 Å². The zero-order valence-corrected chi connectivity index (χ0v) is 12.6. The predicted octanol–water partition coefficient (Wildman–Crippen LogP) is 2.58. The largest absolute Gasteiger partial charge is 0.389 e. The summed E-state index contributed by atoms with van der Waals surface area (Å²) in [6.45, 7) is 11.3. The van der Waals surface area contributed by atoms with Crippen molar-refractivity contribution in [2.24, 2.45) is 11.1 Å². The Balaban J connectivity index is 2.89. The zero-order valence-electron chi connectivity index (χ0n) is 11.8. The lowest BCUT2D eigenvalue weighted by molar-refractivity contribution is 0.389. The van der Waals surface area contributed by atoms with Crippen molar-refractivity contribution in [1.29, 1.82) is 0 Å². The average Bonchev–Trinajstić information content (AvgIpc) is 2.21. The molecule has 1 aromatic heterocycles. The molecule has 3 N–H and O–H groups in total. The number of nitrogens with one attached hydrogen (secondary N) is 1. The first-order chi connectivity index (χ1) is 8.22. The van der Waals surface area contributed by atoms with Crippen LogP contribution in [0.5, 0.6) is 0 Å². The predicted molar refractivity (Wildman–Crippen MR) is 80.0 cm³/mol. The Morgan fingerprint density at radius 1 is 1.28 bits per heavy atom. The summed E-state index contributed by atoms with van der Waals surface area (Å²) in [5, 5.41) is 11.5. The van der Waals surface area contributed by atoms with Gasteiger partial charge in [0.2, 0.25) is 0 Å². The summed E-state index contributed by atoms with van der Waals surface area (Å²) in [5.74, 6) is 0.690. The molecule has 5 heteroatoms.